The minimum atomic E-state index is -3.42. The van der Waals surface area contributed by atoms with Crippen molar-refractivity contribution in [3.63, 3.8) is 0 Å². The Hall–Kier alpha value is -1.48. The Kier molecular flexibility index (Phi) is 6.95. The van der Waals surface area contributed by atoms with Crippen molar-refractivity contribution in [2.45, 2.75) is 57.2 Å². The van der Waals surface area contributed by atoms with Gasteiger partial charge in [-0.15, -0.1) is 0 Å². The summed E-state index contributed by atoms with van der Waals surface area (Å²) in [7, 11) is -3.42. The van der Waals surface area contributed by atoms with Gasteiger partial charge < -0.3 is 15.8 Å². The highest BCUT2D eigenvalue weighted by Crippen LogP contribution is 2.19. The molecule has 4 N–H and O–H groups in total. The van der Waals surface area contributed by atoms with E-state index in [1.807, 2.05) is 12.1 Å². The average Bonchev–Trinajstić information content (AvgIpc) is 3.01. The lowest BCUT2D eigenvalue weighted by molar-refractivity contribution is -0.132. The van der Waals surface area contributed by atoms with Gasteiger partial charge in [0, 0.05) is 19.1 Å². The maximum Gasteiger partial charge on any atom is 0.249 e. The van der Waals surface area contributed by atoms with Crippen LogP contribution in [-0.4, -0.2) is 39.1 Å². The maximum atomic E-state index is 12.2. The van der Waals surface area contributed by atoms with Crippen molar-refractivity contribution in [1.82, 2.24) is 10.0 Å². The lowest BCUT2D eigenvalue weighted by Crippen LogP contribution is -2.35. The van der Waals surface area contributed by atoms with Crippen LogP contribution in [0.25, 0.3) is 0 Å². The molecule has 0 radical (unpaired) electrons. The van der Waals surface area contributed by atoms with Crippen LogP contribution in [0.1, 0.15) is 37.8 Å². The second-order valence-corrected chi connectivity index (χ2v) is 8.33. The number of sulfonamides is 1. The number of carbonyl (C=O) groups excluding carboxylic acids is 1. The molecule has 2 atom stereocenters. The zero-order valence-corrected chi connectivity index (χ0v) is 15.5. The van der Waals surface area contributed by atoms with Crippen LogP contribution >= 0.6 is 0 Å². The average molecular weight is 369 g/mol. The Morgan fingerprint density at radius 3 is 2.56 bits per heavy atom. The lowest BCUT2D eigenvalue weighted by Gasteiger charge is -2.15. The summed E-state index contributed by atoms with van der Waals surface area (Å²) < 4.78 is 32.4. The zero-order valence-electron chi connectivity index (χ0n) is 14.7. The quantitative estimate of drug-likeness (QED) is 0.623. The highest BCUT2D eigenvalue weighted by Gasteiger charge is 2.29. The van der Waals surface area contributed by atoms with Gasteiger partial charge in [0.15, 0.2) is 0 Å². The van der Waals surface area contributed by atoms with E-state index < -0.39 is 16.1 Å². The lowest BCUT2D eigenvalue weighted by atomic mass is 10.1. The van der Waals surface area contributed by atoms with Crippen LogP contribution in [-0.2, 0) is 31.9 Å². The summed E-state index contributed by atoms with van der Waals surface area (Å²) >= 11 is 0. The molecular formula is C17H27N3O4S. The van der Waals surface area contributed by atoms with E-state index in [0.29, 0.717) is 18.5 Å². The van der Waals surface area contributed by atoms with E-state index in [0.717, 1.165) is 12.0 Å². The fourth-order valence-corrected chi connectivity index (χ4v) is 4.34. The fraction of sp³-hybridized carbons (Fsp3) is 0.588. The SMILES string of the molecule is CC(C)NS(=O)(=O)Cc1ccccc1CNC(=O)[C@@H]1CC[C@H](CN)O1. The molecular weight excluding hydrogens is 342 g/mol. The summed E-state index contributed by atoms with van der Waals surface area (Å²) in [6, 6.07) is 7.03. The van der Waals surface area contributed by atoms with Gasteiger partial charge in [-0.2, -0.15) is 0 Å². The van der Waals surface area contributed by atoms with Crippen molar-refractivity contribution in [2.24, 2.45) is 5.73 Å². The molecule has 0 saturated carbocycles. The Bertz CT molecular complexity index is 691. The summed E-state index contributed by atoms with van der Waals surface area (Å²) in [6.07, 6.45) is 0.897. The van der Waals surface area contributed by atoms with E-state index in [-0.39, 0.29) is 30.4 Å². The molecule has 0 spiro atoms. The van der Waals surface area contributed by atoms with Gasteiger partial charge in [0.05, 0.1) is 11.9 Å². The molecule has 1 aromatic rings. The van der Waals surface area contributed by atoms with Gasteiger partial charge in [-0.3, -0.25) is 4.79 Å². The summed E-state index contributed by atoms with van der Waals surface area (Å²) in [5.74, 6) is -0.305. The molecule has 1 heterocycles. The van der Waals surface area contributed by atoms with E-state index in [1.165, 1.54) is 0 Å². The first kappa shape index (κ1) is 19.8. The summed E-state index contributed by atoms with van der Waals surface area (Å²) in [5, 5.41) is 2.83. The molecule has 0 bridgehead atoms. The molecule has 140 valence electrons. The van der Waals surface area contributed by atoms with Crippen LogP contribution in [0.5, 0.6) is 0 Å². The third-order valence-corrected chi connectivity index (χ3v) is 5.52. The van der Waals surface area contributed by atoms with Crippen LogP contribution in [0.3, 0.4) is 0 Å². The molecule has 1 amide bonds. The van der Waals surface area contributed by atoms with Gasteiger partial charge in [-0.05, 0) is 37.8 Å². The fourth-order valence-electron chi connectivity index (χ4n) is 2.84. The minimum Gasteiger partial charge on any atom is -0.364 e. The van der Waals surface area contributed by atoms with Gasteiger partial charge in [-0.1, -0.05) is 24.3 Å². The molecule has 7 nitrogen and oxygen atoms in total. The van der Waals surface area contributed by atoms with Crippen LogP contribution in [0.15, 0.2) is 24.3 Å². The molecule has 0 aromatic heterocycles. The summed E-state index contributed by atoms with van der Waals surface area (Å²) in [5.41, 5.74) is 7.00. The number of nitrogens with two attached hydrogens (primary N) is 1. The highest BCUT2D eigenvalue weighted by atomic mass is 32.2. The number of ether oxygens (including phenoxy) is 1. The number of benzene rings is 1. The monoisotopic (exact) mass is 369 g/mol. The predicted octanol–water partition coefficient (Wildman–Crippen LogP) is 0.637. The molecule has 0 unspecified atom stereocenters. The summed E-state index contributed by atoms with van der Waals surface area (Å²) in [4.78, 5) is 12.2. The Morgan fingerprint density at radius 1 is 1.28 bits per heavy atom. The van der Waals surface area contributed by atoms with E-state index in [2.05, 4.69) is 10.0 Å². The molecule has 0 aliphatic carbocycles. The molecule has 25 heavy (non-hydrogen) atoms. The Morgan fingerprint density at radius 2 is 1.96 bits per heavy atom. The van der Waals surface area contributed by atoms with E-state index >= 15 is 0 Å². The van der Waals surface area contributed by atoms with Gasteiger partial charge >= 0.3 is 0 Å². The van der Waals surface area contributed by atoms with E-state index in [1.54, 1.807) is 26.0 Å². The van der Waals surface area contributed by atoms with Gasteiger partial charge in [0.25, 0.3) is 0 Å². The molecule has 1 aliphatic heterocycles. The zero-order chi connectivity index (χ0) is 18.4. The first-order chi connectivity index (χ1) is 11.8. The van der Waals surface area contributed by atoms with Crippen molar-refractivity contribution in [3.8, 4) is 0 Å². The number of amides is 1. The van der Waals surface area contributed by atoms with Gasteiger partial charge in [0.1, 0.15) is 6.10 Å². The number of hydrogen-bond acceptors (Lipinski definition) is 5. The van der Waals surface area contributed by atoms with Crippen molar-refractivity contribution >= 4 is 15.9 Å². The number of nitrogens with one attached hydrogen (secondary N) is 2. The molecule has 1 saturated heterocycles. The molecule has 2 rings (SSSR count). The van der Waals surface area contributed by atoms with Crippen LogP contribution in [0.4, 0.5) is 0 Å². The molecule has 8 heteroatoms. The third kappa shape index (κ3) is 6.07. The van der Waals surface area contributed by atoms with E-state index in [9.17, 15) is 13.2 Å². The Balaban J connectivity index is 1.98. The first-order valence-corrected chi connectivity index (χ1v) is 10.2. The highest BCUT2D eigenvalue weighted by molar-refractivity contribution is 7.88. The normalized spacial score (nSPS) is 20.8. The largest absolute Gasteiger partial charge is 0.364 e. The number of carbonyl (C=O) groups is 1. The first-order valence-electron chi connectivity index (χ1n) is 8.50. The second-order valence-electron chi connectivity index (χ2n) is 6.58. The topological polar surface area (TPSA) is 111 Å². The number of rotatable bonds is 8. The predicted molar refractivity (Wildman–Crippen MR) is 96.1 cm³/mol. The van der Waals surface area contributed by atoms with Crippen molar-refractivity contribution in [3.05, 3.63) is 35.4 Å². The van der Waals surface area contributed by atoms with Gasteiger partial charge in [0.2, 0.25) is 15.9 Å². The molecule has 1 fully saturated rings. The van der Waals surface area contributed by atoms with Crippen LogP contribution in [0.2, 0.25) is 0 Å². The standard InChI is InChI=1S/C17H27N3O4S/c1-12(2)20-25(22,23)11-14-6-4-3-5-13(14)10-19-17(21)16-8-7-15(9-18)24-16/h3-6,12,15-16,20H,7-11,18H2,1-2H3,(H,19,21)/t15-,16+/m1/s1. The van der Waals surface area contributed by atoms with Crippen molar-refractivity contribution in [2.75, 3.05) is 6.54 Å². The van der Waals surface area contributed by atoms with Crippen LogP contribution in [0, 0.1) is 0 Å². The van der Waals surface area contributed by atoms with Crippen molar-refractivity contribution in [1.29, 1.82) is 0 Å². The van der Waals surface area contributed by atoms with Gasteiger partial charge in [-0.25, -0.2) is 13.1 Å². The molecule has 1 aromatic carbocycles. The van der Waals surface area contributed by atoms with E-state index in [4.69, 9.17) is 10.5 Å². The molecule has 1 aliphatic rings. The van der Waals surface area contributed by atoms with Crippen LogP contribution < -0.4 is 15.8 Å². The number of hydrogen-bond donors (Lipinski definition) is 3. The Labute approximate surface area is 149 Å². The third-order valence-electron chi connectivity index (χ3n) is 4.00. The smallest absolute Gasteiger partial charge is 0.249 e. The maximum absolute atomic E-state index is 12.2. The summed E-state index contributed by atoms with van der Waals surface area (Å²) in [6.45, 7) is 4.23. The second kappa shape index (κ2) is 8.75. The minimum absolute atomic E-state index is 0.0599. The van der Waals surface area contributed by atoms with Crippen molar-refractivity contribution < 1.29 is 17.9 Å².